The normalized spacial score (nSPS) is 12.3. The van der Waals surface area contributed by atoms with E-state index >= 15 is 4.39 Å². The van der Waals surface area contributed by atoms with Crippen LogP contribution in [0.4, 0.5) is 10.1 Å². The fourth-order valence-corrected chi connectivity index (χ4v) is 4.82. The van der Waals surface area contributed by atoms with Crippen LogP contribution in [0.25, 0.3) is 21.7 Å². The van der Waals surface area contributed by atoms with Crippen LogP contribution in [0.5, 0.6) is 0 Å². The number of H-pyrrole nitrogens is 1. The quantitative estimate of drug-likeness (QED) is 0.0996. The molecular formula is C31H30FN5O9. The number of carboxylic acid groups (broad SMARTS) is 3. The molecule has 0 saturated carbocycles. The molecule has 0 bridgehead atoms. The lowest BCUT2D eigenvalue weighted by Crippen LogP contribution is -2.52. The zero-order valence-corrected chi connectivity index (χ0v) is 24.4. The van der Waals surface area contributed by atoms with E-state index in [1.54, 1.807) is 13.0 Å². The highest BCUT2D eigenvalue weighted by atomic mass is 19.1. The van der Waals surface area contributed by atoms with Gasteiger partial charge in [0.25, 0.3) is 11.5 Å². The summed E-state index contributed by atoms with van der Waals surface area (Å²) < 4.78 is 15.1. The van der Waals surface area contributed by atoms with E-state index in [9.17, 15) is 33.9 Å². The summed E-state index contributed by atoms with van der Waals surface area (Å²) in [6, 6.07) is 9.62. The molecule has 0 unspecified atom stereocenters. The Bertz CT molecular complexity index is 1910. The van der Waals surface area contributed by atoms with Crippen LogP contribution in [-0.2, 0) is 25.7 Å². The van der Waals surface area contributed by atoms with E-state index in [1.165, 1.54) is 6.07 Å². The average molecular weight is 636 g/mol. The molecule has 0 saturated heterocycles. The van der Waals surface area contributed by atoms with Gasteiger partial charge in [-0.1, -0.05) is 18.2 Å². The second-order valence-corrected chi connectivity index (χ2v) is 10.5. The molecule has 0 fully saturated rings. The number of benzene rings is 3. The van der Waals surface area contributed by atoms with E-state index in [-0.39, 0.29) is 12.1 Å². The average Bonchev–Trinajstić information content (AvgIpc) is 2.99. The number of anilines is 1. The number of aromatic amines is 1. The van der Waals surface area contributed by atoms with Crippen molar-refractivity contribution in [3.63, 3.8) is 0 Å². The summed E-state index contributed by atoms with van der Waals surface area (Å²) in [6.45, 7) is 1.93. The Hall–Kier alpha value is -5.86. The molecule has 4 aromatic rings. The molecule has 0 spiro atoms. The Morgan fingerprint density at radius 3 is 2.22 bits per heavy atom. The summed E-state index contributed by atoms with van der Waals surface area (Å²) in [4.78, 5) is 78.8. The maximum atomic E-state index is 15.1. The number of hydrogen-bond donors (Lipinski definition) is 7. The van der Waals surface area contributed by atoms with Crippen LogP contribution in [0.1, 0.15) is 47.4 Å². The summed E-state index contributed by atoms with van der Waals surface area (Å²) in [7, 11) is 0. The van der Waals surface area contributed by atoms with Crippen LogP contribution >= 0.6 is 0 Å². The number of fused-ring (bicyclic) bond motifs is 3. The van der Waals surface area contributed by atoms with Gasteiger partial charge < -0.3 is 36.3 Å². The number of rotatable bonds is 14. The van der Waals surface area contributed by atoms with Gasteiger partial charge in [-0.25, -0.2) is 14.2 Å². The highest BCUT2D eigenvalue weighted by Gasteiger charge is 2.28. The predicted molar refractivity (Wildman–Crippen MR) is 163 cm³/mol. The molecule has 0 aliphatic heterocycles. The predicted octanol–water partition coefficient (Wildman–Crippen LogP) is 2.53. The van der Waals surface area contributed by atoms with Crippen LogP contribution in [0, 0.1) is 12.7 Å². The van der Waals surface area contributed by atoms with Gasteiger partial charge >= 0.3 is 17.9 Å². The van der Waals surface area contributed by atoms with Crippen molar-refractivity contribution < 1.29 is 43.7 Å². The third kappa shape index (κ3) is 8.19. The van der Waals surface area contributed by atoms with Gasteiger partial charge in [-0.15, -0.1) is 0 Å². The zero-order chi connectivity index (χ0) is 33.5. The number of amides is 2. The van der Waals surface area contributed by atoms with Crippen LogP contribution in [0.3, 0.4) is 0 Å². The largest absolute Gasteiger partial charge is 0.481 e. The van der Waals surface area contributed by atoms with Crippen molar-refractivity contribution in [2.24, 2.45) is 0 Å². The zero-order valence-electron chi connectivity index (χ0n) is 24.4. The molecule has 46 heavy (non-hydrogen) atoms. The summed E-state index contributed by atoms with van der Waals surface area (Å²) in [5.74, 6) is -6.70. The number of nitrogens with zero attached hydrogens (tertiary/aromatic N) is 1. The van der Waals surface area contributed by atoms with Gasteiger partial charge in [0, 0.05) is 25.1 Å². The van der Waals surface area contributed by atoms with Crippen molar-refractivity contribution in [3.8, 4) is 0 Å². The standard InChI is InChI=1S/C31H30FN5O9/c1-15-34-22-7-4-17-3-2-16(12-20(17)27(22)30(44)35-15)14-33-18-5-6-19(21(32)13-18)28(42)36-23(8-10-25(38)39)29(43)37-24(31(45)46)9-11-26(40)41/h2-7,12-13,23-24,33H,8-11,14H2,1H3,(H,36,42)(H,37,43)(H,38,39)(H,40,41)(H,45,46)(H,34,35,44)/t23-,24-/m0/s1. The Balaban J connectivity index is 1.47. The lowest BCUT2D eigenvalue weighted by molar-refractivity contribution is -0.143. The molecule has 1 heterocycles. The first kappa shape index (κ1) is 33.0. The topological polar surface area (TPSA) is 228 Å². The van der Waals surface area contributed by atoms with Crippen molar-refractivity contribution in [1.82, 2.24) is 20.6 Å². The van der Waals surface area contributed by atoms with Gasteiger partial charge in [0.2, 0.25) is 5.91 Å². The highest BCUT2D eigenvalue weighted by Crippen LogP contribution is 2.24. The number of carbonyl (C=O) groups excluding carboxylic acids is 2. The van der Waals surface area contributed by atoms with E-state index in [2.05, 4.69) is 25.9 Å². The van der Waals surface area contributed by atoms with E-state index in [0.29, 0.717) is 27.8 Å². The molecule has 4 rings (SSSR count). The number of halogens is 1. The lowest BCUT2D eigenvalue weighted by Gasteiger charge is -2.21. The van der Waals surface area contributed by atoms with Gasteiger partial charge in [-0.05, 0) is 66.4 Å². The Labute approximate surface area is 259 Å². The second-order valence-electron chi connectivity index (χ2n) is 10.5. The maximum absolute atomic E-state index is 15.1. The summed E-state index contributed by atoms with van der Waals surface area (Å²) >= 11 is 0. The minimum atomic E-state index is -1.61. The maximum Gasteiger partial charge on any atom is 0.326 e. The molecule has 240 valence electrons. The Kier molecular flexibility index (Phi) is 10.3. The van der Waals surface area contributed by atoms with Gasteiger partial charge in [-0.3, -0.25) is 24.0 Å². The number of nitrogens with one attached hydrogen (secondary N) is 4. The summed E-state index contributed by atoms with van der Waals surface area (Å²) in [6.07, 6.45) is -2.04. The lowest BCUT2D eigenvalue weighted by atomic mass is 10.0. The van der Waals surface area contributed by atoms with Gasteiger partial charge in [0.15, 0.2) is 0 Å². The molecule has 15 heteroatoms. The third-order valence-corrected chi connectivity index (χ3v) is 7.11. The Morgan fingerprint density at radius 2 is 1.57 bits per heavy atom. The minimum absolute atomic E-state index is 0.235. The van der Waals surface area contributed by atoms with E-state index in [1.807, 2.05) is 24.3 Å². The first-order valence-electron chi connectivity index (χ1n) is 14.1. The Morgan fingerprint density at radius 1 is 0.891 bits per heavy atom. The van der Waals surface area contributed by atoms with E-state index < -0.39 is 78.9 Å². The number of hydrogen-bond acceptors (Lipinski definition) is 8. The fraction of sp³-hybridized carbons (Fsp3) is 0.258. The van der Waals surface area contributed by atoms with E-state index in [0.717, 1.165) is 23.1 Å². The number of aliphatic carboxylic acids is 3. The minimum Gasteiger partial charge on any atom is -0.481 e. The monoisotopic (exact) mass is 635 g/mol. The fourth-order valence-electron chi connectivity index (χ4n) is 4.82. The molecular weight excluding hydrogens is 605 g/mol. The molecule has 7 N–H and O–H groups in total. The highest BCUT2D eigenvalue weighted by molar-refractivity contribution is 6.06. The van der Waals surface area contributed by atoms with Crippen LogP contribution in [-0.4, -0.2) is 67.1 Å². The van der Waals surface area contributed by atoms with Crippen molar-refractivity contribution >= 4 is 57.1 Å². The number of carboxylic acids is 3. The first-order chi connectivity index (χ1) is 21.8. The second kappa shape index (κ2) is 14.3. The van der Waals surface area contributed by atoms with Gasteiger partial charge in [0.1, 0.15) is 23.7 Å². The molecule has 1 aromatic heterocycles. The number of carbonyl (C=O) groups is 5. The van der Waals surface area contributed by atoms with Crippen molar-refractivity contribution in [2.45, 2.75) is 51.2 Å². The van der Waals surface area contributed by atoms with Gasteiger partial charge in [-0.2, -0.15) is 0 Å². The molecule has 2 amide bonds. The molecule has 3 aromatic carbocycles. The molecule has 2 atom stereocenters. The number of aryl methyl sites for hydroxylation is 1. The van der Waals surface area contributed by atoms with Crippen molar-refractivity contribution in [2.75, 3.05) is 5.32 Å². The summed E-state index contributed by atoms with van der Waals surface area (Å²) in [5.41, 5.74) is 0.912. The van der Waals surface area contributed by atoms with Crippen molar-refractivity contribution in [1.29, 1.82) is 0 Å². The molecule has 0 aliphatic carbocycles. The molecule has 0 radical (unpaired) electrons. The van der Waals surface area contributed by atoms with Crippen LogP contribution < -0.4 is 21.5 Å². The van der Waals surface area contributed by atoms with Gasteiger partial charge in [0.05, 0.1) is 16.5 Å². The van der Waals surface area contributed by atoms with E-state index in [4.69, 9.17) is 10.2 Å². The smallest absolute Gasteiger partial charge is 0.326 e. The molecule has 14 nitrogen and oxygen atoms in total. The third-order valence-electron chi connectivity index (χ3n) is 7.11. The number of aromatic nitrogens is 2. The SMILES string of the molecule is Cc1nc2ccc3ccc(CNc4ccc(C(=O)N[C@@H](CCC(=O)O)C(=O)N[C@@H](CCC(=O)O)C(=O)O)c(F)c4)cc3c2c(=O)[nH]1. The molecule has 0 aliphatic rings. The first-order valence-corrected chi connectivity index (χ1v) is 14.1. The van der Waals surface area contributed by atoms with Crippen molar-refractivity contribution in [3.05, 3.63) is 81.7 Å². The summed E-state index contributed by atoms with van der Waals surface area (Å²) in [5, 5.41) is 36.6. The van der Waals surface area contributed by atoms with Crippen LogP contribution in [0.2, 0.25) is 0 Å². The van der Waals surface area contributed by atoms with Crippen LogP contribution in [0.15, 0.2) is 53.3 Å².